The van der Waals surface area contributed by atoms with Crippen molar-refractivity contribution in [3.63, 3.8) is 0 Å². The lowest BCUT2D eigenvalue weighted by molar-refractivity contribution is -0.192. The number of carboxylic acid groups (broad SMARTS) is 1. The molecule has 0 unspecified atom stereocenters. The molecule has 0 fully saturated rings. The molecular formula is C13H18F3N7O4S. The number of hydrogen-bond donors (Lipinski definition) is 3. The molecule has 0 amide bonds. The molecule has 2 heterocycles. The van der Waals surface area contributed by atoms with Gasteiger partial charge in [-0.25, -0.2) is 32.6 Å². The molecule has 11 nitrogen and oxygen atoms in total. The van der Waals surface area contributed by atoms with E-state index >= 15 is 0 Å². The van der Waals surface area contributed by atoms with Crippen LogP contribution in [0.15, 0.2) is 12.4 Å². The average Bonchev–Trinajstić information content (AvgIpc) is 2.96. The molecule has 0 aliphatic rings. The predicted molar refractivity (Wildman–Crippen MR) is 90.5 cm³/mol. The first-order valence-corrected chi connectivity index (χ1v) is 9.39. The van der Waals surface area contributed by atoms with Crippen LogP contribution in [-0.2, 0) is 27.8 Å². The highest BCUT2D eigenvalue weighted by molar-refractivity contribution is 7.88. The summed E-state index contributed by atoms with van der Waals surface area (Å²) in [6.45, 7) is 2.47. The van der Waals surface area contributed by atoms with Crippen LogP contribution in [-0.4, -0.2) is 63.4 Å². The summed E-state index contributed by atoms with van der Waals surface area (Å²) in [5.74, 6) is -1.73. The van der Waals surface area contributed by atoms with Gasteiger partial charge in [-0.05, 0) is 6.92 Å². The first-order valence-electron chi connectivity index (χ1n) is 7.49. The lowest BCUT2D eigenvalue weighted by Gasteiger charge is -2.04. The molecule has 0 atom stereocenters. The van der Waals surface area contributed by atoms with E-state index in [1.54, 1.807) is 24.0 Å². The fraction of sp³-hybridized carbons (Fsp3) is 0.462. The number of aryl methyl sites for hydroxylation is 1. The van der Waals surface area contributed by atoms with Crippen molar-refractivity contribution in [2.24, 2.45) is 0 Å². The second kappa shape index (κ2) is 9.41. The summed E-state index contributed by atoms with van der Waals surface area (Å²) in [6.07, 6.45) is -0.107. The van der Waals surface area contributed by atoms with Crippen LogP contribution in [0, 0.1) is 6.92 Å². The van der Waals surface area contributed by atoms with E-state index in [0.717, 1.165) is 11.8 Å². The van der Waals surface area contributed by atoms with Crippen LogP contribution in [0.2, 0.25) is 0 Å². The molecule has 15 heteroatoms. The van der Waals surface area contributed by atoms with Gasteiger partial charge >= 0.3 is 12.1 Å². The largest absolute Gasteiger partial charge is 0.490 e. The number of carboxylic acids is 1. The first kappa shape index (κ1) is 23.2. The maximum atomic E-state index is 11.0. The number of hydrogen-bond acceptors (Lipinski definition) is 8. The Morgan fingerprint density at radius 1 is 1.39 bits per heavy atom. The molecule has 4 N–H and O–H groups in total. The number of nitrogens with one attached hydrogen (secondary N) is 1. The number of nitrogens with zero attached hydrogens (tertiary/aromatic N) is 5. The third-order valence-electron chi connectivity index (χ3n) is 2.92. The Labute approximate surface area is 157 Å². The van der Waals surface area contributed by atoms with E-state index in [2.05, 4.69) is 25.0 Å². The molecule has 0 aliphatic heterocycles. The Morgan fingerprint density at radius 2 is 2.00 bits per heavy atom. The molecule has 0 spiro atoms. The zero-order chi connectivity index (χ0) is 21.5. The Morgan fingerprint density at radius 3 is 2.50 bits per heavy atom. The number of nitrogens with two attached hydrogens (primary N) is 1. The number of sulfonamides is 1. The van der Waals surface area contributed by atoms with Gasteiger partial charge in [-0.2, -0.15) is 13.2 Å². The molecule has 2 rings (SSSR count). The molecule has 0 radical (unpaired) electrons. The molecule has 156 valence electrons. The smallest absolute Gasteiger partial charge is 0.475 e. The molecule has 0 saturated heterocycles. The summed E-state index contributed by atoms with van der Waals surface area (Å²) in [7, 11) is -3.18. The van der Waals surface area contributed by atoms with Crippen LogP contribution >= 0.6 is 0 Å². The monoisotopic (exact) mass is 425 g/mol. The number of nitrogen functional groups attached to an aromatic ring is 1. The third-order valence-corrected chi connectivity index (χ3v) is 3.65. The van der Waals surface area contributed by atoms with Gasteiger partial charge in [-0.3, -0.25) is 0 Å². The Bertz CT molecular complexity index is 915. The van der Waals surface area contributed by atoms with E-state index in [1.807, 2.05) is 0 Å². The highest BCUT2D eigenvalue weighted by Gasteiger charge is 2.38. The van der Waals surface area contributed by atoms with Crippen LogP contribution in [0.1, 0.15) is 17.1 Å². The highest BCUT2D eigenvalue weighted by Crippen LogP contribution is 2.13. The minimum absolute atomic E-state index is 0.285. The number of alkyl halides is 3. The van der Waals surface area contributed by atoms with Crippen molar-refractivity contribution in [3.8, 4) is 0 Å². The Hall–Kier alpha value is -2.81. The van der Waals surface area contributed by atoms with Crippen molar-refractivity contribution < 1.29 is 31.5 Å². The standard InChI is InChI=1S/C11H17N7O2S.C2HF3O2/c1-8-13-5-9(11(12)15-8)6-18-7-10(16-17-18)3-4-14-21(2,19)20;3-2(4,5)1(6)7/h5,7,14H,3-4,6H2,1-2H3,(H2,12,13,15);(H,6,7). The first-order chi connectivity index (χ1) is 12.8. The van der Waals surface area contributed by atoms with Crippen LogP contribution in [0.5, 0.6) is 0 Å². The van der Waals surface area contributed by atoms with Gasteiger partial charge in [0, 0.05) is 30.9 Å². The zero-order valence-corrected chi connectivity index (χ0v) is 15.6. The van der Waals surface area contributed by atoms with Gasteiger partial charge < -0.3 is 10.8 Å². The van der Waals surface area contributed by atoms with Crippen molar-refractivity contribution in [2.45, 2.75) is 26.1 Å². The number of carbonyl (C=O) groups is 1. The third kappa shape index (κ3) is 8.72. The van der Waals surface area contributed by atoms with Crippen LogP contribution in [0.3, 0.4) is 0 Å². The number of aromatic nitrogens is 5. The zero-order valence-electron chi connectivity index (χ0n) is 14.8. The quantitative estimate of drug-likeness (QED) is 0.565. The molecule has 2 aromatic heterocycles. The number of aliphatic carboxylic acids is 1. The normalized spacial score (nSPS) is 11.6. The molecule has 28 heavy (non-hydrogen) atoms. The number of rotatable bonds is 6. The summed E-state index contributed by atoms with van der Waals surface area (Å²) < 4.78 is 57.7. The van der Waals surface area contributed by atoms with Crippen molar-refractivity contribution in [2.75, 3.05) is 18.5 Å². The molecular weight excluding hydrogens is 407 g/mol. The molecule has 0 bridgehead atoms. The van der Waals surface area contributed by atoms with Crippen LogP contribution in [0.25, 0.3) is 0 Å². The Balaban J connectivity index is 0.000000480. The predicted octanol–water partition coefficient (Wildman–Crippen LogP) is -0.268. The summed E-state index contributed by atoms with van der Waals surface area (Å²) in [6, 6.07) is 0. The average molecular weight is 425 g/mol. The van der Waals surface area contributed by atoms with E-state index in [4.69, 9.17) is 15.6 Å². The van der Waals surface area contributed by atoms with Crippen molar-refractivity contribution in [1.82, 2.24) is 29.7 Å². The van der Waals surface area contributed by atoms with Gasteiger partial charge in [0.05, 0.1) is 18.5 Å². The maximum Gasteiger partial charge on any atom is 0.490 e. The van der Waals surface area contributed by atoms with E-state index in [1.165, 1.54) is 0 Å². The second-order valence-corrected chi connectivity index (χ2v) is 7.29. The number of halogens is 3. The fourth-order valence-corrected chi connectivity index (χ4v) is 2.18. The van der Waals surface area contributed by atoms with E-state index in [-0.39, 0.29) is 6.54 Å². The summed E-state index contributed by atoms with van der Waals surface area (Å²) >= 11 is 0. The lowest BCUT2D eigenvalue weighted by Crippen LogP contribution is -2.24. The van der Waals surface area contributed by atoms with Gasteiger partial charge in [0.25, 0.3) is 0 Å². The summed E-state index contributed by atoms with van der Waals surface area (Å²) in [5, 5.41) is 15.1. The van der Waals surface area contributed by atoms with E-state index in [9.17, 15) is 21.6 Å². The molecule has 2 aromatic rings. The Kier molecular flexibility index (Phi) is 7.80. The summed E-state index contributed by atoms with van der Waals surface area (Å²) in [5.41, 5.74) is 7.26. The van der Waals surface area contributed by atoms with Gasteiger partial charge in [0.1, 0.15) is 11.6 Å². The maximum absolute atomic E-state index is 11.0. The molecule has 0 aliphatic carbocycles. The van der Waals surface area contributed by atoms with Crippen LogP contribution in [0.4, 0.5) is 19.0 Å². The SMILES string of the molecule is Cc1ncc(Cn2cc(CCNS(C)(=O)=O)nn2)c(N)n1.O=C(O)C(F)(F)F. The minimum Gasteiger partial charge on any atom is -0.475 e. The molecule has 0 saturated carbocycles. The fourth-order valence-electron chi connectivity index (χ4n) is 1.70. The summed E-state index contributed by atoms with van der Waals surface area (Å²) in [4.78, 5) is 17.1. The van der Waals surface area contributed by atoms with Crippen molar-refractivity contribution >= 4 is 21.8 Å². The van der Waals surface area contributed by atoms with Crippen molar-refractivity contribution in [3.05, 3.63) is 29.5 Å². The topological polar surface area (TPSA) is 166 Å². The van der Waals surface area contributed by atoms with Gasteiger partial charge in [-0.1, -0.05) is 5.21 Å². The van der Waals surface area contributed by atoms with Crippen LogP contribution < -0.4 is 10.5 Å². The number of anilines is 1. The molecule has 0 aromatic carbocycles. The highest BCUT2D eigenvalue weighted by atomic mass is 32.2. The van der Waals surface area contributed by atoms with Gasteiger partial charge in [-0.15, -0.1) is 5.10 Å². The lowest BCUT2D eigenvalue weighted by atomic mass is 10.3. The van der Waals surface area contributed by atoms with Gasteiger partial charge in [0.15, 0.2) is 0 Å². The van der Waals surface area contributed by atoms with E-state index in [0.29, 0.717) is 30.3 Å². The van der Waals surface area contributed by atoms with Crippen molar-refractivity contribution in [1.29, 1.82) is 0 Å². The second-order valence-electron chi connectivity index (χ2n) is 5.45. The van der Waals surface area contributed by atoms with E-state index < -0.39 is 22.2 Å². The van der Waals surface area contributed by atoms with Gasteiger partial charge in [0.2, 0.25) is 10.0 Å². The minimum atomic E-state index is -5.08.